The van der Waals surface area contributed by atoms with Crippen molar-refractivity contribution in [3.8, 4) is 0 Å². The summed E-state index contributed by atoms with van der Waals surface area (Å²) in [6, 6.07) is 0. The van der Waals surface area contributed by atoms with Crippen LogP contribution in [0.4, 0.5) is 0 Å². The number of hydrogen-bond donors (Lipinski definition) is 0. The van der Waals surface area contributed by atoms with Crippen LogP contribution in [-0.2, 0) is 14.0 Å². The molecule has 3 nitrogen and oxygen atoms in total. The predicted octanol–water partition coefficient (Wildman–Crippen LogP) is -0.637. The molecule has 0 heterocycles. The van der Waals surface area contributed by atoms with Crippen LogP contribution in [0.15, 0.2) is 0 Å². The summed E-state index contributed by atoms with van der Waals surface area (Å²) >= 11 is 0. The van der Waals surface area contributed by atoms with Crippen molar-refractivity contribution in [3.05, 3.63) is 0 Å². The first-order valence-electron chi connectivity index (χ1n) is 4.88. The van der Waals surface area contributed by atoms with E-state index in [-0.39, 0.29) is 38.6 Å². The van der Waals surface area contributed by atoms with Crippen LogP contribution < -0.4 is 18.9 Å². The van der Waals surface area contributed by atoms with Crippen molar-refractivity contribution >= 4 is 7.32 Å². The minimum absolute atomic E-state index is 0. The first-order valence-corrected chi connectivity index (χ1v) is 4.88. The normalized spacial score (nSPS) is 10.9. The summed E-state index contributed by atoms with van der Waals surface area (Å²) in [5.41, 5.74) is 0. The van der Waals surface area contributed by atoms with Gasteiger partial charge in [-0.25, -0.2) is 0 Å². The van der Waals surface area contributed by atoms with Gasteiger partial charge in [-0.2, -0.15) is 0 Å². The molecule has 0 atom stereocenters. The van der Waals surface area contributed by atoms with Gasteiger partial charge in [0.15, 0.2) is 0 Å². The van der Waals surface area contributed by atoms with Crippen molar-refractivity contribution < 1.29 is 34.3 Å². The third-order valence-corrected chi connectivity index (χ3v) is 1.15. The summed E-state index contributed by atoms with van der Waals surface area (Å²) in [6.45, 7) is 11.8. The van der Waals surface area contributed by atoms with Crippen molar-refractivity contribution in [1.29, 1.82) is 0 Å². The second-order valence-electron chi connectivity index (χ2n) is 3.84. The maximum Gasteiger partial charge on any atom is 1.00 e. The van der Waals surface area contributed by atoms with Gasteiger partial charge in [-0.15, -0.1) is 0 Å². The van der Waals surface area contributed by atoms with E-state index >= 15 is 0 Å². The first-order chi connectivity index (χ1) is 5.91. The Morgan fingerprint density at radius 1 is 0.714 bits per heavy atom. The molecule has 14 heavy (non-hydrogen) atoms. The molecule has 0 aliphatic rings. The van der Waals surface area contributed by atoms with Crippen molar-refractivity contribution in [2.24, 2.45) is 0 Å². The first kappa shape index (κ1) is 17.0. The fourth-order valence-electron chi connectivity index (χ4n) is 0.763. The summed E-state index contributed by atoms with van der Waals surface area (Å²) in [7, 11) is -0.542. The third kappa shape index (κ3) is 10.6. The van der Waals surface area contributed by atoms with E-state index in [0.29, 0.717) is 0 Å². The maximum atomic E-state index is 5.43. The summed E-state index contributed by atoms with van der Waals surface area (Å²) in [5.74, 6) is 0. The molecule has 0 fully saturated rings. The second kappa shape index (κ2) is 8.82. The topological polar surface area (TPSA) is 27.7 Å². The largest absolute Gasteiger partial charge is 1.00 e. The van der Waals surface area contributed by atoms with Gasteiger partial charge in [-0.05, 0) is 41.5 Å². The molecular weight excluding hydrogens is 174 g/mol. The molecule has 0 N–H and O–H groups in total. The summed E-state index contributed by atoms with van der Waals surface area (Å²) in [6.07, 6.45) is 0.340. The standard InChI is InChI=1S/C9H21BO3.Li.H/c1-7(2)11-10(12-8(3)4)13-9(5)6;;/h7-9H,1-6H3;;/q;+1;-1. The van der Waals surface area contributed by atoms with Crippen LogP contribution >= 0.6 is 0 Å². The molecule has 0 radical (unpaired) electrons. The minimum Gasteiger partial charge on any atom is -1.00 e. The molecule has 0 spiro atoms. The van der Waals surface area contributed by atoms with Crippen molar-refractivity contribution in [3.63, 3.8) is 0 Å². The van der Waals surface area contributed by atoms with Gasteiger partial charge in [0.2, 0.25) is 0 Å². The monoisotopic (exact) mass is 196 g/mol. The molecule has 0 aliphatic heterocycles. The third-order valence-electron chi connectivity index (χ3n) is 1.15. The second-order valence-corrected chi connectivity index (χ2v) is 3.84. The van der Waals surface area contributed by atoms with Gasteiger partial charge in [-0.3, -0.25) is 0 Å². The molecule has 0 saturated carbocycles. The summed E-state index contributed by atoms with van der Waals surface area (Å²) in [4.78, 5) is 0. The van der Waals surface area contributed by atoms with Crippen LogP contribution in [0.25, 0.3) is 0 Å². The molecule has 80 valence electrons. The fraction of sp³-hybridized carbons (Fsp3) is 1.00. The smallest absolute Gasteiger partial charge is 1.00 e. The van der Waals surface area contributed by atoms with Crippen LogP contribution in [0.2, 0.25) is 0 Å². The summed E-state index contributed by atoms with van der Waals surface area (Å²) < 4.78 is 16.3. The molecule has 5 heteroatoms. The molecular formula is C9H22BLiO3. The zero-order valence-electron chi connectivity index (χ0n) is 11.5. The van der Waals surface area contributed by atoms with E-state index < -0.39 is 7.32 Å². The Morgan fingerprint density at radius 2 is 0.929 bits per heavy atom. The van der Waals surface area contributed by atoms with Gasteiger partial charge in [0.1, 0.15) is 0 Å². The van der Waals surface area contributed by atoms with Gasteiger partial charge < -0.3 is 15.4 Å². The van der Waals surface area contributed by atoms with E-state index in [1.807, 2.05) is 41.5 Å². The van der Waals surface area contributed by atoms with Gasteiger partial charge in [-0.1, -0.05) is 0 Å². The Hall–Kier alpha value is 0.542. The molecule has 0 bridgehead atoms. The number of hydrogen-bond acceptors (Lipinski definition) is 3. The molecule has 0 amide bonds. The Balaban J connectivity index is -0.000000720. The SMILES string of the molecule is CC(C)OB(OC(C)C)OC(C)C.[H-].[Li+]. The molecule has 0 unspecified atom stereocenters. The average molecular weight is 196 g/mol. The van der Waals surface area contributed by atoms with Crippen molar-refractivity contribution in [2.45, 2.75) is 59.9 Å². The van der Waals surface area contributed by atoms with Crippen molar-refractivity contribution in [1.82, 2.24) is 0 Å². The zero-order chi connectivity index (χ0) is 10.4. The van der Waals surface area contributed by atoms with E-state index in [9.17, 15) is 0 Å². The Bertz CT molecular complexity index is 113. The Kier molecular flexibility index (Phi) is 10.7. The van der Waals surface area contributed by atoms with Gasteiger partial charge in [0.25, 0.3) is 0 Å². The predicted molar refractivity (Wildman–Crippen MR) is 55.5 cm³/mol. The van der Waals surface area contributed by atoms with E-state index in [0.717, 1.165) is 0 Å². The summed E-state index contributed by atoms with van der Waals surface area (Å²) in [5, 5.41) is 0. The van der Waals surface area contributed by atoms with Gasteiger partial charge >= 0.3 is 26.2 Å². The maximum absolute atomic E-state index is 5.43. The fourth-order valence-corrected chi connectivity index (χ4v) is 0.763. The van der Waals surface area contributed by atoms with Crippen LogP contribution in [0, 0.1) is 0 Å². The van der Waals surface area contributed by atoms with E-state index in [4.69, 9.17) is 14.0 Å². The Labute approximate surface area is 102 Å². The van der Waals surface area contributed by atoms with Gasteiger partial charge in [0.05, 0.1) is 0 Å². The molecule has 0 aromatic heterocycles. The van der Waals surface area contributed by atoms with Crippen LogP contribution in [0.3, 0.4) is 0 Å². The molecule has 0 rings (SSSR count). The van der Waals surface area contributed by atoms with Crippen LogP contribution in [-0.4, -0.2) is 25.6 Å². The minimum atomic E-state index is -0.542. The van der Waals surface area contributed by atoms with Crippen molar-refractivity contribution in [2.75, 3.05) is 0 Å². The molecule has 0 aromatic carbocycles. The zero-order valence-corrected chi connectivity index (χ0v) is 10.5. The van der Waals surface area contributed by atoms with E-state index in [1.165, 1.54) is 0 Å². The van der Waals surface area contributed by atoms with Crippen LogP contribution in [0.1, 0.15) is 43.0 Å². The van der Waals surface area contributed by atoms with Crippen LogP contribution in [0.5, 0.6) is 0 Å². The average Bonchev–Trinajstić information content (AvgIpc) is 1.80. The molecule has 0 aliphatic carbocycles. The van der Waals surface area contributed by atoms with Gasteiger partial charge in [0, 0.05) is 18.3 Å². The van der Waals surface area contributed by atoms with E-state index in [1.54, 1.807) is 0 Å². The van der Waals surface area contributed by atoms with E-state index in [2.05, 4.69) is 0 Å². The number of rotatable bonds is 6. The molecule has 0 saturated heterocycles. The molecule has 0 aromatic rings. The Morgan fingerprint density at radius 3 is 1.07 bits per heavy atom. The quantitative estimate of drug-likeness (QED) is 0.529.